The van der Waals surface area contributed by atoms with Crippen molar-refractivity contribution >= 4 is 44.4 Å². The number of fused-ring (bicyclic) bond motifs is 4. The maximum atomic E-state index is 13.6. The number of rotatable bonds is 8. The van der Waals surface area contributed by atoms with Gasteiger partial charge in [0.1, 0.15) is 5.82 Å². The topological polar surface area (TPSA) is 122 Å². The minimum Gasteiger partial charge on any atom is -0.476 e. The number of aromatic nitrogens is 4. The number of nitrogens with zero attached hydrogens (tertiary/aromatic N) is 5. The van der Waals surface area contributed by atoms with Crippen molar-refractivity contribution in [2.75, 3.05) is 23.9 Å². The molecule has 0 saturated heterocycles. The number of benzene rings is 2. The molecule has 4 aliphatic rings. The molecule has 5 aromatic rings. The Morgan fingerprint density at radius 1 is 1.06 bits per heavy atom. The molecule has 3 aromatic heterocycles. The molecule has 9 rings (SSSR count). The first-order valence-corrected chi connectivity index (χ1v) is 19.6. The van der Waals surface area contributed by atoms with Crippen molar-refractivity contribution in [1.82, 2.24) is 19.7 Å². The average Bonchev–Trinajstić information content (AvgIpc) is 3.71. The number of hydrogen-bond acceptors (Lipinski definition) is 8. The van der Waals surface area contributed by atoms with Crippen LogP contribution in [-0.4, -0.2) is 56.0 Å². The Bertz CT molecular complexity index is 2250. The van der Waals surface area contributed by atoms with Crippen molar-refractivity contribution in [3.8, 4) is 11.1 Å². The fraction of sp³-hybridized carbons (Fsp3) is 0.452. The molecule has 2 aromatic carbocycles. The maximum absolute atomic E-state index is 13.6. The molecule has 4 heterocycles. The number of methoxy groups -OCH3 is 1. The Morgan fingerprint density at radius 3 is 2.72 bits per heavy atom. The third-order valence-corrected chi connectivity index (χ3v) is 14.1. The molecular weight excluding hydrogens is 685 g/mol. The molecule has 274 valence electrons. The molecular formula is C42H46N6O4S. The first kappa shape index (κ1) is 34.2. The highest BCUT2D eigenvalue weighted by atomic mass is 32.1. The zero-order valence-corrected chi connectivity index (χ0v) is 31.6. The summed E-state index contributed by atoms with van der Waals surface area (Å²) >= 11 is 1.45. The Kier molecular flexibility index (Phi) is 8.05. The van der Waals surface area contributed by atoms with Crippen molar-refractivity contribution in [2.45, 2.75) is 84.4 Å². The molecule has 53 heavy (non-hydrogen) atoms. The summed E-state index contributed by atoms with van der Waals surface area (Å²) in [6.07, 6.45) is 9.50. The molecule has 3 fully saturated rings. The van der Waals surface area contributed by atoms with Crippen LogP contribution in [0.15, 0.2) is 60.8 Å². The number of hydrogen-bond donors (Lipinski definition) is 2. The second kappa shape index (κ2) is 12.5. The average molecular weight is 731 g/mol. The van der Waals surface area contributed by atoms with Gasteiger partial charge in [0.05, 0.1) is 22.0 Å². The lowest BCUT2D eigenvalue weighted by atomic mass is 9.42. The molecule has 5 unspecified atom stereocenters. The van der Waals surface area contributed by atoms with Crippen molar-refractivity contribution < 1.29 is 19.4 Å². The molecule has 0 spiro atoms. The van der Waals surface area contributed by atoms with Crippen molar-refractivity contribution in [2.24, 2.45) is 22.7 Å². The monoisotopic (exact) mass is 730 g/mol. The second-order valence-corrected chi connectivity index (χ2v) is 17.7. The predicted octanol–water partition coefficient (Wildman–Crippen LogP) is 8.39. The zero-order chi connectivity index (χ0) is 36.7. The molecule has 1 aliphatic heterocycles. The number of para-hydroxylation sites is 1. The first-order chi connectivity index (χ1) is 25.5. The number of anilines is 2. The molecule has 2 N–H and O–H groups in total. The highest BCUT2D eigenvalue weighted by molar-refractivity contribution is 7.22. The summed E-state index contributed by atoms with van der Waals surface area (Å²) in [7, 11) is 1.90. The van der Waals surface area contributed by atoms with Gasteiger partial charge in [0, 0.05) is 49.1 Å². The smallest absolute Gasteiger partial charge is 0.355 e. The van der Waals surface area contributed by atoms with Gasteiger partial charge in [0.25, 0.3) is 5.91 Å². The van der Waals surface area contributed by atoms with Crippen molar-refractivity contribution in [3.63, 3.8) is 0 Å². The van der Waals surface area contributed by atoms with E-state index in [-0.39, 0.29) is 28.0 Å². The van der Waals surface area contributed by atoms with E-state index in [1.807, 2.05) is 61.8 Å². The molecule has 10 nitrogen and oxygen atoms in total. The minimum absolute atomic E-state index is 0.00453. The Morgan fingerprint density at radius 2 is 1.91 bits per heavy atom. The van der Waals surface area contributed by atoms with Crippen molar-refractivity contribution in [3.05, 3.63) is 88.9 Å². The van der Waals surface area contributed by atoms with E-state index in [2.05, 4.69) is 46.7 Å². The number of thiazole rings is 1. The maximum Gasteiger partial charge on any atom is 0.355 e. The minimum atomic E-state index is -1.08. The van der Waals surface area contributed by atoms with Gasteiger partial charge in [-0.15, -0.1) is 0 Å². The molecule has 1 amide bonds. The van der Waals surface area contributed by atoms with Gasteiger partial charge in [-0.2, -0.15) is 5.10 Å². The van der Waals surface area contributed by atoms with E-state index in [1.165, 1.54) is 30.6 Å². The summed E-state index contributed by atoms with van der Waals surface area (Å²) in [5.41, 5.74) is 6.05. The number of aromatic carboxylic acids is 1. The molecule has 0 radical (unpaired) electrons. The summed E-state index contributed by atoms with van der Waals surface area (Å²) in [4.78, 5) is 37.8. The summed E-state index contributed by atoms with van der Waals surface area (Å²) in [5.74, 6) is 0.487. The molecule has 3 bridgehead atoms. The Labute approximate surface area is 313 Å². The number of ether oxygens (including phenoxy) is 1. The fourth-order valence-corrected chi connectivity index (χ4v) is 12.0. The number of nitrogens with one attached hydrogen (secondary N) is 1. The van der Waals surface area contributed by atoms with Gasteiger partial charge in [0.2, 0.25) is 0 Å². The van der Waals surface area contributed by atoms with E-state index in [9.17, 15) is 14.7 Å². The fourth-order valence-electron chi connectivity index (χ4n) is 11.2. The van der Waals surface area contributed by atoms with Gasteiger partial charge in [-0.3, -0.25) is 14.8 Å². The van der Waals surface area contributed by atoms with Gasteiger partial charge in [-0.05, 0) is 116 Å². The van der Waals surface area contributed by atoms with Crippen LogP contribution >= 0.6 is 11.3 Å². The van der Waals surface area contributed by atoms with Crippen LogP contribution in [0.2, 0.25) is 0 Å². The van der Waals surface area contributed by atoms with Gasteiger partial charge in [-0.1, -0.05) is 49.4 Å². The highest BCUT2D eigenvalue weighted by Crippen LogP contribution is 2.68. The van der Waals surface area contributed by atoms with E-state index >= 15 is 0 Å². The van der Waals surface area contributed by atoms with Crippen LogP contribution in [0.5, 0.6) is 0 Å². The van der Waals surface area contributed by atoms with Crippen LogP contribution in [0, 0.1) is 29.6 Å². The first-order valence-electron chi connectivity index (χ1n) is 18.8. The van der Waals surface area contributed by atoms with E-state index in [4.69, 9.17) is 14.8 Å². The number of carboxylic acid groups (broad SMARTS) is 1. The molecule has 3 saturated carbocycles. The lowest BCUT2D eigenvalue weighted by molar-refractivity contribution is -0.218. The lowest BCUT2D eigenvalue weighted by Crippen LogP contribution is -2.62. The van der Waals surface area contributed by atoms with Crippen LogP contribution < -0.4 is 10.2 Å². The summed E-state index contributed by atoms with van der Waals surface area (Å²) < 4.78 is 9.49. The number of carboxylic acids is 1. The van der Waals surface area contributed by atoms with Gasteiger partial charge >= 0.3 is 5.97 Å². The second-order valence-electron chi connectivity index (χ2n) is 16.6. The van der Waals surface area contributed by atoms with Crippen LogP contribution in [0.3, 0.4) is 0 Å². The van der Waals surface area contributed by atoms with E-state index in [1.54, 1.807) is 0 Å². The van der Waals surface area contributed by atoms with Crippen LogP contribution in [0.1, 0.15) is 90.0 Å². The number of carbonyl (C=O) groups is 2. The number of amides is 1. The van der Waals surface area contributed by atoms with Crippen molar-refractivity contribution in [1.29, 1.82) is 0 Å². The van der Waals surface area contributed by atoms with Gasteiger partial charge in [-0.25, -0.2) is 14.8 Å². The van der Waals surface area contributed by atoms with Crippen LogP contribution in [0.4, 0.5) is 10.9 Å². The third kappa shape index (κ3) is 5.74. The zero-order valence-electron chi connectivity index (χ0n) is 30.8. The highest BCUT2D eigenvalue weighted by Gasteiger charge is 2.63. The molecule has 11 heteroatoms. The Balaban J connectivity index is 0.984. The SMILES string of the molecule is COC12CC(C)C3CCC(C)(C1)CC3(Cn1ncc(-c3ccc(N4CCc5cccc(C(=O)Nc6nc7ccccc7s6)c5C4)nc3C(=O)O)c1C)C2. The normalized spacial score (nSPS) is 27.5. The van der Waals surface area contributed by atoms with Gasteiger partial charge in [0.15, 0.2) is 10.8 Å². The lowest BCUT2D eigenvalue weighted by Gasteiger charge is -2.66. The largest absolute Gasteiger partial charge is 0.476 e. The third-order valence-electron chi connectivity index (χ3n) is 13.2. The summed E-state index contributed by atoms with van der Waals surface area (Å²) in [6.45, 7) is 8.82. The summed E-state index contributed by atoms with van der Waals surface area (Å²) in [5, 5.41) is 19.0. The summed E-state index contributed by atoms with van der Waals surface area (Å²) in [6, 6.07) is 17.4. The Hall–Kier alpha value is -4.61. The number of pyridine rings is 1. The molecule has 5 atom stereocenters. The van der Waals surface area contributed by atoms with E-state index in [0.29, 0.717) is 53.4 Å². The van der Waals surface area contributed by atoms with Crippen LogP contribution in [-0.2, 0) is 24.2 Å². The standard InChI is InChI=1S/C42H46N6O4S/c1-25-18-42(52-4)22-40(3)16-14-32(25)41(21-40,23-42)24-48-26(2)30(19-43-48)28-12-13-35(45-36(28)38(50)51)47-17-15-27-8-7-9-29(31(27)20-47)37(49)46-39-44-33-10-5-6-11-34(33)53-39/h5-13,19,25,32H,14-18,20-24H2,1-4H3,(H,50,51)(H,44,46,49). The molecule has 3 aliphatic carbocycles. The quantitative estimate of drug-likeness (QED) is 0.163. The van der Waals surface area contributed by atoms with Crippen LogP contribution in [0.25, 0.3) is 21.3 Å². The predicted molar refractivity (Wildman–Crippen MR) is 207 cm³/mol. The van der Waals surface area contributed by atoms with E-state index < -0.39 is 5.97 Å². The van der Waals surface area contributed by atoms with Gasteiger partial charge < -0.3 is 14.7 Å². The van der Waals surface area contributed by atoms with E-state index in [0.717, 1.165) is 58.4 Å². The number of carbonyl (C=O) groups excluding carboxylic acids is 1.